The summed E-state index contributed by atoms with van der Waals surface area (Å²) >= 11 is 9.15. The lowest BCUT2D eigenvalue weighted by Gasteiger charge is -2.15. The first-order valence-corrected chi connectivity index (χ1v) is 6.84. The molecule has 0 aliphatic rings. The van der Waals surface area contributed by atoms with Gasteiger partial charge in [-0.2, -0.15) is 13.2 Å². The van der Waals surface area contributed by atoms with Crippen molar-refractivity contribution in [3.8, 4) is 0 Å². The number of rotatable bonds is 2. The summed E-state index contributed by atoms with van der Waals surface area (Å²) in [5, 5.41) is 0.519. The van der Waals surface area contributed by atoms with Gasteiger partial charge in [0.05, 0.1) is 16.6 Å². The van der Waals surface area contributed by atoms with E-state index in [0.717, 1.165) is 12.1 Å². The highest BCUT2D eigenvalue weighted by Crippen LogP contribution is 2.32. The summed E-state index contributed by atoms with van der Waals surface area (Å²) in [5.74, 6) is 0. The minimum atomic E-state index is -4.38. The molecule has 2 rings (SSSR count). The van der Waals surface area contributed by atoms with Gasteiger partial charge in [0.25, 0.3) is 0 Å². The molecule has 0 saturated heterocycles. The highest BCUT2D eigenvalue weighted by Gasteiger charge is 2.30. The first-order chi connectivity index (χ1) is 9.29. The van der Waals surface area contributed by atoms with Gasteiger partial charge in [-0.15, -0.1) is 0 Å². The van der Waals surface area contributed by atoms with Crippen LogP contribution in [-0.4, -0.2) is 0 Å². The van der Waals surface area contributed by atoms with E-state index in [4.69, 9.17) is 17.3 Å². The molecule has 0 fully saturated rings. The summed E-state index contributed by atoms with van der Waals surface area (Å²) in [7, 11) is 0. The van der Waals surface area contributed by atoms with Crippen molar-refractivity contribution in [2.75, 3.05) is 0 Å². The number of nitrogens with two attached hydrogens (primary N) is 1. The molecule has 6 heteroatoms. The van der Waals surface area contributed by atoms with Crippen LogP contribution in [0.3, 0.4) is 0 Å². The topological polar surface area (TPSA) is 26.0 Å². The molecule has 1 atom stereocenters. The Morgan fingerprint density at radius 2 is 1.70 bits per heavy atom. The zero-order valence-corrected chi connectivity index (χ0v) is 12.4. The van der Waals surface area contributed by atoms with Crippen LogP contribution in [0.4, 0.5) is 13.2 Å². The van der Waals surface area contributed by atoms with Crippen LogP contribution in [0.2, 0.25) is 5.02 Å². The third-order valence-corrected chi connectivity index (χ3v) is 4.09. The van der Waals surface area contributed by atoms with E-state index < -0.39 is 17.8 Å². The fourth-order valence-corrected chi connectivity index (χ4v) is 2.32. The Morgan fingerprint density at radius 3 is 2.30 bits per heavy atom. The molecule has 0 aromatic heterocycles. The Labute approximate surface area is 127 Å². The van der Waals surface area contributed by atoms with Gasteiger partial charge >= 0.3 is 6.18 Å². The molecule has 2 aromatic rings. The summed E-state index contributed by atoms with van der Waals surface area (Å²) in [5.41, 5.74) is 6.38. The molecule has 2 N–H and O–H groups in total. The quantitative estimate of drug-likeness (QED) is 0.782. The van der Waals surface area contributed by atoms with Gasteiger partial charge in [-0.05, 0) is 51.3 Å². The van der Waals surface area contributed by atoms with Crippen molar-refractivity contribution >= 4 is 27.5 Å². The van der Waals surface area contributed by atoms with Crippen LogP contribution in [0.15, 0.2) is 46.9 Å². The lowest BCUT2D eigenvalue weighted by Crippen LogP contribution is -2.13. The van der Waals surface area contributed by atoms with Gasteiger partial charge in [0.1, 0.15) is 0 Å². The first-order valence-electron chi connectivity index (χ1n) is 5.66. The number of benzene rings is 2. The summed E-state index contributed by atoms with van der Waals surface area (Å²) in [6, 6.07) is 9.40. The Bertz CT molecular complexity index is 628. The van der Waals surface area contributed by atoms with Crippen molar-refractivity contribution < 1.29 is 13.2 Å². The summed E-state index contributed by atoms with van der Waals surface area (Å²) in [4.78, 5) is 0. The maximum absolute atomic E-state index is 12.7. The molecule has 0 bridgehead atoms. The zero-order valence-electron chi connectivity index (χ0n) is 10.1. The van der Waals surface area contributed by atoms with Crippen LogP contribution in [0, 0.1) is 0 Å². The maximum Gasteiger partial charge on any atom is 0.416 e. The number of hydrogen-bond donors (Lipinski definition) is 1. The van der Waals surface area contributed by atoms with Crippen molar-refractivity contribution in [3.05, 3.63) is 68.7 Å². The SMILES string of the molecule is NC(c1cccc(C(F)(F)F)c1)c1ccc(Cl)c(Br)c1. The summed E-state index contributed by atoms with van der Waals surface area (Å²) in [6.07, 6.45) is -4.38. The molecule has 0 radical (unpaired) electrons. The molecule has 0 saturated carbocycles. The molecular weight excluding hydrogens is 355 g/mol. The standard InChI is InChI=1S/C14H10BrClF3N/c15-11-7-9(4-5-12(11)16)13(20)8-2-1-3-10(6-8)14(17,18)19/h1-7,13H,20H2. The predicted octanol–water partition coefficient (Wildman–Crippen LogP) is 5.17. The van der Waals surface area contributed by atoms with Crippen molar-refractivity contribution in [2.45, 2.75) is 12.2 Å². The number of halogens is 5. The van der Waals surface area contributed by atoms with E-state index in [1.807, 2.05) is 0 Å². The van der Waals surface area contributed by atoms with Crippen LogP contribution in [0.5, 0.6) is 0 Å². The molecule has 0 aliphatic carbocycles. The first kappa shape index (κ1) is 15.4. The molecule has 0 aliphatic heterocycles. The van der Waals surface area contributed by atoms with Gasteiger partial charge in [0.15, 0.2) is 0 Å². The second-order valence-electron chi connectivity index (χ2n) is 4.27. The molecule has 2 aromatic carbocycles. The maximum atomic E-state index is 12.7. The second kappa shape index (κ2) is 5.76. The van der Waals surface area contributed by atoms with Crippen molar-refractivity contribution in [3.63, 3.8) is 0 Å². The molecule has 1 unspecified atom stereocenters. The lowest BCUT2D eigenvalue weighted by atomic mass is 9.98. The number of hydrogen-bond acceptors (Lipinski definition) is 1. The van der Waals surface area contributed by atoms with E-state index in [1.165, 1.54) is 6.07 Å². The highest BCUT2D eigenvalue weighted by molar-refractivity contribution is 9.10. The fourth-order valence-electron chi connectivity index (χ4n) is 1.81. The second-order valence-corrected chi connectivity index (χ2v) is 5.54. The molecule has 20 heavy (non-hydrogen) atoms. The van der Waals surface area contributed by atoms with Crippen LogP contribution in [0.25, 0.3) is 0 Å². The third-order valence-electron chi connectivity index (χ3n) is 2.88. The fraction of sp³-hybridized carbons (Fsp3) is 0.143. The summed E-state index contributed by atoms with van der Waals surface area (Å²) < 4.78 is 38.7. The van der Waals surface area contributed by atoms with Crippen molar-refractivity contribution in [1.29, 1.82) is 0 Å². The number of alkyl halides is 3. The lowest BCUT2D eigenvalue weighted by molar-refractivity contribution is -0.137. The zero-order chi connectivity index (χ0) is 14.9. The monoisotopic (exact) mass is 363 g/mol. The minimum absolute atomic E-state index is 0.397. The average molecular weight is 365 g/mol. The molecular formula is C14H10BrClF3N. The summed E-state index contributed by atoms with van der Waals surface area (Å²) in [6.45, 7) is 0. The Balaban J connectivity index is 2.38. The van der Waals surface area contributed by atoms with E-state index in [-0.39, 0.29) is 0 Å². The van der Waals surface area contributed by atoms with E-state index in [9.17, 15) is 13.2 Å². The van der Waals surface area contributed by atoms with Crippen LogP contribution < -0.4 is 5.73 Å². The van der Waals surface area contributed by atoms with Gasteiger partial charge < -0.3 is 5.73 Å². The Kier molecular flexibility index (Phi) is 4.42. The van der Waals surface area contributed by atoms with Crippen LogP contribution in [-0.2, 0) is 6.18 Å². The molecule has 0 amide bonds. The van der Waals surface area contributed by atoms with E-state index in [2.05, 4.69) is 15.9 Å². The molecule has 0 heterocycles. The molecule has 0 spiro atoms. The normalized spacial score (nSPS) is 13.3. The molecule has 1 nitrogen and oxygen atoms in total. The van der Waals surface area contributed by atoms with Crippen molar-refractivity contribution in [2.24, 2.45) is 5.73 Å². The average Bonchev–Trinajstić information content (AvgIpc) is 2.40. The van der Waals surface area contributed by atoms with Crippen molar-refractivity contribution in [1.82, 2.24) is 0 Å². The van der Waals surface area contributed by atoms with E-state index in [1.54, 1.807) is 24.3 Å². The van der Waals surface area contributed by atoms with Crippen LogP contribution in [0.1, 0.15) is 22.7 Å². The van der Waals surface area contributed by atoms with E-state index >= 15 is 0 Å². The smallest absolute Gasteiger partial charge is 0.320 e. The van der Waals surface area contributed by atoms with Gasteiger partial charge in [0.2, 0.25) is 0 Å². The molecule has 106 valence electrons. The van der Waals surface area contributed by atoms with Gasteiger partial charge in [0, 0.05) is 4.47 Å². The predicted molar refractivity (Wildman–Crippen MR) is 76.6 cm³/mol. The third kappa shape index (κ3) is 3.34. The highest BCUT2D eigenvalue weighted by atomic mass is 79.9. The Hall–Kier alpha value is -1.04. The van der Waals surface area contributed by atoms with Gasteiger partial charge in [-0.3, -0.25) is 0 Å². The Morgan fingerprint density at radius 1 is 1.05 bits per heavy atom. The van der Waals surface area contributed by atoms with Gasteiger partial charge in [-0.1, -0.05) is 29.8 Å². The largest absolute Gasteiger partial charge is 0.416 e. The van der Waals surface area contributed by atoms with Gasteiger partial charge in [-0.25, -0.2) is 0 Å². The van der Waals surface area contributed by atoms with Crippen LogP contribution >= 0.6 is 27.5 Å². The minimum Gasteiger partial charge on any atom is -0.320 e. The van der Waals surface area contributed by atoms with E-state index in [0.29, 0.717) is 20.6 Å².